The van der Waals surface area contributed by atoms with E-state index in [2.05, 4.69) is 22.7 Å². The second-order valence-corrected chi connectivity index (χ2v) is 9.37. The van der Waals surface area contributed by atoms with Crippen LogP contribution in [0, 0.1) is 0 Å². The van der Waals surface area contributed by atoms with Crippen LogP contribution in [0.4, 0.5) is 0 Å². The molecule has 1 aromatic heterocycles. The molecule has 1 saturated carbocycles. The Hall–Kier alpha value is -3.16. The van der Waals surface area contributed by atoms with Crippen LogP contribution in [0.2, 0.25) is 0 Å². The van der Waals surface area contributed by atoms with Gasteiger partial charge in [0, 0.05) is 25.7 Å². The predicted octanol–water partition coefficient (Wildman–Crippen LogP) is 2.67. The number of nitrogens with one attached hydrogen (secondary N) is 2. The summed E-state index contributed by atoms with van der Waals surface area (Å²) in [6.07, 6.45) is 6.33. The van der Waals surface area contributed by atoms with Crippen LogP contribution in [-0.2, 0) is 24.3 Å². The van der Waals surface area contributed by atoms with Crippen molar-refractivity contribution in [2.75, 3.05) is 7.05 Å². The number of benzene rings is 1. The molecule has 8 heteroatoms. The van der Waals surface area contributed by atoms with E-state index >= 15 is 0 Å². The second-order valence-electron chi connectivity index (χ2n) is 9.37. The Balaban J connectivity index is 1.45. The summed E-state index contributed by atoms with van der Waals surface area (Å²) in [5.41, 5.74) is 1.66. The number of aromatic nitrogens is 2. The van der Waals surface area contributed by atoms with Crippen LogP contribution < -0.4 is 10.6 Å². The van der Waals surface area contributed by atoms with Gasteiger partial charge >= 0.3 is 0 Å². The van der Waals surface area contributed by atoms with Crippen LogP contribution in [0.25, 0.3) is 0 Å². The highest BCUT2D eigenvalue weighted by atomic mass is 16.2. The first-order valence-corrected chi connectivity index (χ1v) is 11.8. The maximum absolute atomic E-state index is 13.2. The lowest BCUT2D eigenvalue weighted by Crippen LogP contribution is -2.63. The maximum atomic E-state index is 13.2. The Morgan fingerprint density at radius 2 is 1.79 bits per heavy atom. The molecule has 0 radical (unpaired) electrons. The molecule has 1 fully saturated rings. The zero-order chi connectivity index (χ0) is 23.6. The van der Waals surface area contributed by atoms with Crippen molar-refractivity contribution in [1.29, 1.82) is 0 Å². The standard InChI is InChI=1S/C25H33N5O3/c1-4-17-10-12-18(13-11-17)15-26-22(31)20-14-21-23(32)29(3)25(2,16-30(21)28-20)24(33)27-19-8-6-5-7-9-19/h10-14,19H,4-9,15-16H2,1-3H3,(H,26,31)(H,27,33)/t25-/m1/s1. The Kier molecular flexibility index (Phi) is 6.54. The molecule has 2 aliphatic rings. The van der Waals surface area contributed by atoms with Crippen molar-refractivity contribution in [1.82, 2.24) is 25.3 Å². The summed E-state index contributed by atoms with van der Waals surface area (Å²) < 4.78 is 1.49. The molecule has 2 aromatic rings. The van der Waals surface area contributed by atoms with E-state index in [1.165, 1.54) is 27.6 Å². The highest BCUT2D eigenvalue weighted by Crippen LogP contribution is 2.27. The molecule has 1 aliphatic carbocycles. The molecule has 3 amide bonds. The molecule has 2 N–H and O–H groups in total. The van der Waals surface area contributed by atoms with E-state index in [-0.39, 0.29) is 36.0 Å². The summed E-state index contributed by atoms with van der Waals surface area (Å²) in [4.78, 5) is 40.4. The summed E-state index contributed by atoms with van der Waals surface area (Å²) in [5.74, 6) is -0.836. The lowest BCUT2D eigenvalue weighted by atomic mass is 9.92. The van der Waals surface area contributed by atoms with Crippen molar-refractivity contribution in [3.05, 3.63) is 52.8 Å². The summed E-state index contributed by atoms with van der Waals surface area (Å²) in [6.45, 7) is 4.43. The number of amides is 3. The molecular formula is C25H33N5O3. The van der Waals surface area contributed by atoms with Crippen LogP contribution in [0.15, 0.2) is 30.3 Å². The number of nitrogens with zero attached hydrogens (tertiary/aromatic N) is 3. The third-order valence-corrected chi connectivity index (χ3v) is 7.05. The minimum Gasteiger partial charge on any atom is -0.351 e. The minimum atomic E-state index is -1.07. The fourth-order valence-electron chi connectivity index (χ4n) is 4.59. The first kappa shape index (κ1) is 23.0. The second kappa shape index (κ2) is 9.37. The molecule has 1 atom stereocenters. The van der Waals surface area contributed by atoms with Crippen molar-refractivity contribution < 1.29 is 14.4 Å². The molecular weight excluding hydrogens is 418 g/mol. The molecule has 0 bridgehead atoms. The van der Waals surface area contributed by atoms with E-state index in [9.17, 15) is 14.4 Å². The van der Waals surface area contributed by atoms with E-state index in [1.54, 1.807) is 14.0 Å². The third kappa shape index (κ3) is 4.65. The van der Waals surface area contributed by atoms with Gasteiger partial charge in [0.1, 0.15) is 11.2 Å². The van der Waals surface area contributed by atoms with Gasteiger partial charge < -0.3 is 15.5 Å². The van der Waals surface area contributed by atoms with Crippen LogP contribution >= 0.6 is 0 Å². The van der Waals surface area contributed by atoms with E-state index in [1.807, 2.05) is 24.3 Å². The molecule has 0 spiro atoms. The first-order chi connectivity index (χ1) is 15.8. The quantitative estimate of drug-likeness (QED) is 0.706. The topological polar surface area (TPSA) is 96.3 Å². The molecule has 0 unspecified atom stereocenters. The van der Waals surface area contributed by atoms with Crippen molar-refractivity contribution in [3.8, 4) is 0 Å². The van der Waals surface area contributed by atoms with E-state index in [4.69, 9.17) is 0 Å². The normalized spacial score (nSPS) is 20.9. The average Bonchev–Trinajstić information content (AvgIpc) is 3.26. The molecule has 33 heavy (non-hydrogen) atoms. The van der Waals surface area contributed by atoms with Gasteiger partial charge in [0.05, 0.1) is 6.54 Å². The maximum Gasteiger partial charge on any atom is 0.272 e. The van der Waals surface area contributed by atoms with Gasteiger partial charge in [-0.3, -0.25) is 19.1 Å². The molecule has 4 rings (SSSR count). The third-order valence-electron chi connectivity index (χ3n) is 7.05. The fourth-order valence-corrected chi connectivity index (χ4v) is 4.59. The largest absolute Gasteiger partial charge is 0.351 e. The van der Waals surface area contributed by atoms with Gasteiger partial charge in [-0.05, 0) is 37.3 Å². The molecule has 1 aliphatic heterocycles. The lowest BCUT2D eigenvalue weighted by molar-refractivity contribution is -0.133. The first-order valence-electron chi connectivity index (χ1n) is 11.8. The van der Waals surface area contributed by atoms with Crippen LogP contribution in [0.5, 0.6) is 0 Å². The van der Waals surface area contributed by atoms with E-state index in [0.29, 0.717) is 12.2 Å². The summed E-state index contributed by atoms with van der Waals surface area (Å²) in [5, 5.41) is 10.4. The Morgan fingerprint density at radius 1 is 1.12 bits per heavy atom. The SMILES string of the molecule is CCc1ccc(CNC(=O)c2cc3n(n2)C[C@](C)(C(=O)NC2CCCCC2)N(C)C3=O)cc1. The van der Waals surface area contributed by atoms with Crippen molar-refractivity contribution >= 4 is 17.7 Å². The highest BCUT2D eigenvalue weighted by molar-refractivity contribution is 6.01. The van der Waals surface area contributed by atoms with Crippen molar-refractivity contribution in [2.24, 2.45) is 0 Å². The molecule has 8 nitrogen and oxygen atoms in total. The van der Waals surface area contributed by atoms with Crippen LogP contribution in [0.1, 0.15) is 78.1 Å². The number of rotatable bonds is 6. The summed E-state index contributed by atoms with van der Waals surface area (Å²) >= 11 is 0. The minimum absolute atomic E-state index is 0.151. The molecule has 1 aromatic carbocycles. The van der Waals surface area contributed by atoms with Gasteiger partial charge in [0.25, 0.3) is 11.8 Å². The number of carbonyl (C=O) groups is 3. The average molecular weight is 452 g/mol. The molecule has 0 saturated heterocycles. The molecule has 176 valence electrons. The number of fused-ring (bicyclic) bond motifs is 1. The number of hydrogen-bond acceptors (Lipinski definition) is 4. The molecule has 2 heterocycles. The zero-order valence-electron chi connectivity index (χ0n) is 19.7. The van der Waals surface area contributed by atoms with E-state index in [0.717, 1.165) is 37.7 Å². The number of carbonyl (C=O) groups excluding carboxylic acids is 3. The van der Waals surface area contributed by atoms with Gasteiger partial charge in [0.2, 0.25) is 5.91 Å². The Labute approximate surface area is 194 Å². The van der Waals surface area contributed by atoms with Crippen molar-refractivity contribution in [2.45, 2.75) is 77.0 Å². The monoisotopic (exact) mass is 451 g/mol. The lowest BCUT2D eigenvalue weighted by Gasteiger charge is -2.41. The number of aryl methyl sites for hydroxylation is 1. The van der Waals surface area contributed by atoms with E-state index < -0.39 is 5.54 Å². The number of likely N-dealkylation sites (N-methyl/N-ethyl adjacent to an activating group) is 1. The predicted molar refractivity (Wildman–Crippen MR) is 125 cm³/mol. The summed E-state index contributed by atoms with van der Waals surface area (Å²) in [7, 11) is 1.64. The van der Waals surface area contributed by atoms with Crippen LogP contribution in [0.3, 0.4) is 0 Å². The van der Waals surface area contributed by atoms with Gasteiger partial charge in [0.15, 0.2) is 5.69 Å². The Morgan fingerprint density at radius 3 is 2.45 bits per heavy atom. The van der Waals surface area contributed by atoms with Crippen LogP contribution in [-0.4, -0.2) is 51.0 Å². The smallest absolute Gasteiger partial charge is 0.272 e. The van der Waals surface area contributed by atoms with Crippen molar-refractivity contribution in [3.63, 3.8) is 0 Å². The van der Waals surface area contributed by atoms with Gasteiger partial charge in [-0.1, -0.05) is 50.5 Å². The zero-order valence-corrected chi connectivity index (χ0v) is 19.7. The Bertz CT molecular complexity index is 1040. The number of hydrogen-bond donors (Lipinski definition) is 2. The van der Waals surface area contributed by atoms with Gasteiger partial charge in [-0.2, -0.15) is 5.10 Å². The highest BCUT2D eigenvalue weighted by Gasteiger charge is 2.46. The van der Waals surface area contributed by atoms with Gasteiger partial charge in [-0.25, -0.2) is 0 Å². The van der Waals surface area contributed by atoms with Gasteiger partial charge in [-0.15, -0.1) is 0 Å². The fraction of sp³-hybridized carbons (Fsp3) is 0.520. The summed E-state index contributed by atoms with van der Waals surface area (Å²) in [6, 6.07) is 9.73.